The van der Waals surface area contributed by atoms with E-state index < -0.39 is 0 Å². The molecular weight excluding hydrogens is 396 g/mol. The fourth-order valence-electron chi connectivity index (χ4n) is 3.53. The summed E-state index contributed by atoms with van der Waals surface area (Å²) in [5, 5.41) is 20.8. The van der Waals surface area contributed by atoms with E-state index in [9.17, 15) is 10.2 Å². The molecule has 158 valence electrons. The Morgan fingerprint density at radius 2 is 0.812 bits per heavy atom. The summed E-state index contributed by atoms with van der Waals surface area (Å²) in [6.07, 6.45) is 0. The molecule has 0 radical (unpaired) electrons. The van der Waals surface area contributed by atoms with Gasteiger partial charge in [-0.2, -0.15) is 0 Å². The maximum atomic E-state index is 10.4. The van der Waals surface area contributed by atoms with E-state index in [0.717, 1.165) is 22.6 Å². The van der Waals surface area contributed by atoms with Gasteiger partial charge >= 0.3 is 0 Å². The molecule has 2 N–H and O–H groups in total. The molecule has 4 aromatic carbocycles. The first-order chi connectivity index (χ1) is 15.7. The van der Waals surface area contributed by atoms with Crippen LogP contribution in [0.25, 0.3) is 0 Å². The lowest BCUT2D eigenvalue weighted by molar-refractivity contribution is 0.473. The Balaban J connectivity index is 1.66. The second-order valence-electron chi connectivity index (χ2n) is 7.23. The number of aromatic hydroxyl groups is 2. The number of hydrogen-bond acceptors (Lipinski definition) is 4. The Morgan fingerprint density at radius 3 is 1.19 bits per heavy atom. The lowest BCUT2D eigenvalue weighted by atomic mass is 10.0. The summed E-state index contributed by atoms with van der Waals surface area (Å²) in [5.41, 5.74) is 4.69. The maximum absolute atomic E-state index is 10.4. The molecule has 0 spiro atoms. The highest BCUT2D eigenvalue weighted by molar-refractivity contribution is 6.15. The van der Waals surface area contributed by atoms with Crippen LogP contribution < -0.4 is 0 Å². The Bertz CT molecular complexity index is 1130. The molecule has 0 fully saturated rings. The normalized spacial score (nSPS) is 12.0. The fourth-order valence-corrected chi connectivity index (χ4v) is 3.53. The van der Waals surface area contributed by atoms with Crippen molar-refractivity contribution in [1.29, 1.82) is 0 Å². The summed E-state index contributed by atoms with van der Waals surface area (Å²) < 4.78 is 0. The van der Waals surface area contributed by atoms with Gasteiger partial charge in [-0.05, 0) is 24.3 Å². The van der Waals surface area contributed by atoms with Crippen molar-refractivity contribution in [3.05, 3.63) is 131 Å². The second-order valence-corrected chi connectivity index (χ2v) is 7.23. The molecule has 4 rings (SSSR count). The number of phenolic OH excluding ortho intramolecular Hbond substituents is 2. The number of benzene rings is 4. The molecule has 0 bridgehead atoms. The minimum absolute atomic E-state index is 0.192. The number of nitrogens with zero attached hydrogens (tertiary/aromatic N) is 2. The maximum Gasteiger partial charge on any atom is 0.124 e. The minimum atomic E-state index is 0.192. The van der Waals surface area contributed by atoms with Crippen LogP contribution in [0.2, 0.25) is 0 Å². The lowest BCUT2D eigenvalue weighted by Crippen LogP contribution is -2.08. The van der Waals surface area contributed by atoms with E-state index in [0.29, 0.717) is 24.2 Å². The van der Waals surface area contributed by atoms with E-state index in [4.69, 9.17) is 9.98 Å². The zero-order valence-electron chi connectivity index (χ0n) is 17.6. The SMILES string of the molecule is Oc1ccccc1/C(=N\CC/N=C(/c1ccccc1)c1ccccc1O)c1ccccc1. The van der Waals surface area contributed by atoms with Crippen molar-refractivity contribution >= 4 is 11.4 Å². The van der Waals surface area contributed by atoms with Crippen LogP contribution in [0.1, 0.15) is 22.3 Å². The van der Waals surface area contributed by atoms with E-state index in [1.54, 1.807) is 24.3 Å². The van der Waals surface area contributed by atoms with Crippen LogP contribution in [0.5, 0.6) is 11.5 Å². The van der Waals surface area contributed by atoms with Crippen molar-refractivity contribution in [2.75, 3.05) is 13.1 Å². The summed E-state index contributed by atoms with van der Waals surface area (Å²) in [6.45, 7) is 0.866. The first-order valence-electron chi connectivity index (χ1n) is 10.5. The first kappa shape index (κ1) is 21.1. The van der Waals surface area contributed by atoms with E-state index >= 15 is 0 Å². The molecular formula is C28H24N2O2. The highest BCUT2D eigenvalue weighted by atomic mass is 16.3. The number of aliphatic imine (C=N–C) groups is 2. The summed E-state index contributed by atoms with van der Waals surface area (Å²) in [7, 11) is 0. The molecule has 0 unspecified atom stereocenters. The van der Waals surface area contributed by atoms with E-state index in [-0.39, 0.29) is 11.5 Å². The number of rotatable bonds is 7. The van der Waals surface area contributed by atoms with Crippen molar-refractivity contribution in [2.45, 2.75) is 0 Å². The number of phenols is 2. The molecule has 0 aliphatic carbocycles. The molecule has 0 saturated carbocycles. The molecule has 0 aliphatic heterocycles. The van der Waals surface area contributed by atoms with Gasteiger partial charge in [0, 0.05) is 22.3 Å². The number of hydrogen-bond donors (Lipinski definition) is 2. The van der Waals surface area contributed by atoms with Crippen LogP contribution in [0.3, 0.4) is 0 Å². The van der Waals surface area contributed by atoms with Crippen LogP contribution in [0, 0.1) is 0 Å². The molecule has 4 nitrogen and oxygen atoms in total. The predicted octanol–water partition coefficient (Wildman–Crippen LogP) is 5.47. The summed E-state index contributed by atoms with van der Waals surface area (Å²) >= 11 is 0. The van der Waals surface area contributed by atoms with Gasteiger partial charge in [-0.15, -0.1) is 0 Å². The van der Waals surface area contributed by atoms with Crippen LogP contribution >= 0.6 is 0 Å². The molecule has 0 amide bonds. The Morgan fingerprint density at radius 1 is 0.469 bits per heavy atom. The smallest absolute Gasteiger partial charge is 0.124 e. The van der Waals surface area contributed by atoms with Crippen molar-refractivity contribution in [1.82, 2.24) is 0 Å². The first-order valence-corrected chi connectivity index (χ1v) is 10.5. The van der Waals surface area contributed by atoms with Gasteiger partial charge in [0.15, 0.2) is 0 Å². The van der Waals surface area contributed by atoms with Crippen molar-refractivity contribution < 1.29 is 10.2 Å². The highest BCUT2D eigenvalue weighted by Crippen LogP contribution is 2.22. The third-order valence-electron chi connectivity index (χ3n) is 5.05. The molecule has 4 aromatic rings. The standard InChI is InChI=1S/C28H24N2O2/c31-25-17-9-7-15-23(25)27(21-11-3-1-4-12-21)29-19-20-30-28(22-13-5-2-6-14-22)24-16-8-10-18-26(24)32/h1-18,31-32H,19-20H2/b29-27-,30-28-. The molecule has 0 saturated heterocycles. The average Bonchev–Trinajstić information content (AvgIpc) is 2.84. The Kier molecular flexibility index (Phi) is 6.73. The largest absolute Gasteiger partial charge is 0.507 e. The molecule has 0 aromatic heterocycles. The van der Waals surface area contributed by atoms with Crippen LogP contribution in [0.15, 0.2) is 119 Å². The second kappa shape index (κ2) is 10.2. The lowest BCUT2D eigenvalue weighted by Gasteiger charge is -2.11. The molecule has 32 heavy (non-hydrogen) atoms. The fraction of sp³-hybridized carbons (Fsp3) is 0.0714. The topological polar surface area (TPSA) is 65.2 Å². The zero-order valence-corrected chi connectivity index (χ0v) is 17.6. The van der Waals surface area contributed by atoms with Crippen molar-refractivity contribution in [3.63, 3.8) is 0 Å². The molecule has 0 atom stereocenters. The van der Waals surface area contributed by atoms with Crippen LogP contribution in [-0.4, -0.2) is 34.7 Å². The van der Waals surface area contributed by atoms with Gasteiger partial charge < -0.3 is 10.2 Å². The van der Waals surface area contributed by atoms with Gasteiger partial charge in [0.2, 0.25) is 0 Å². The summed E-state index contributed by atoms with van der Waals surface area (Å²) in [4.78, 5) is 9.59. The van der Waals surface area contributed by atoms with Crippen molar-refractivity contribution in [2.24, 2.45) is 9.98 Å². The van der Waals surface area contributed by atoms with Gasteiger partial charge in [-0.1, -0.05) is 84.9 Å². The average molecular weight is 421 g/mol. The van der Waals surface area contributed by atoms with Gasteiger partial charge in [0.1, 0.15) is 11.5 Å². The third-order valence-corrected chi connectivity index (χ3v) is 5.05. The molecule has 0 heterocycles. The zero-order chi connectivity index (χ0) is 22.2. The van der Waals surface area contributed by atoms with Crippen molar-refractivity contribution in [3.8, 4) is 11.5 Å². The van der Waals surface area contributed by atoms with Crippen LogP contribution in [-0.2, 0) is 0 Å². The third kappa shape index (κ3) is 4.93. The highest BCUT2D eigenvalue weighted by Gasteiger charge is 2.12. The Hall–Kier alpha value is -4.18. The number of para-hydroxylation sites is 2. The summed E-state index contributed by atoms with van der Waals surface area (Å²) in [5.74, 6) is 0.385. The molecule has 0 aliphatic rings. The van der Waals surface area contributed by atoms with E-state index in [1.165, 1.54) is 0 Å². The van der Waals surface area contributed by atoms with Crippen LogP contribution in [0.4, 0.5) is 0 Å². The minimum Gasteiger partial charge on any atom is -0.507 e. The van der Waals surface area contributed by atoms with Gasteiger partial charge in [-0.3, -0.25) is 9.98 Å². The summed E-state index contributed by atoms with van der Waals surface area (Å²) in [6, 6.07) is 34.0. The monoisotopic (exact) mass is 420 g/mol. The van der Waals surface area contributed by atoms with Gasteiger partial charge in [0.05, 0.1) is 24.5 Å². The van der Waals surface area contributed by atoms with Gasteiger partial charge in [0.25, 0.3) is 0 Å². The van der Waals surface area contributed by atoms with Gasteiger partial charge in [-0.25, -0.2) is 0 Å². The quantitative estimate of drug-likeness (QED) is 0.307. The molecule has 4 heteroatoms. The predicted molar refractivity (Wildman–Crippen MR) is 130 cm³/mol. The van der Waals surface area contributed by atoms with E-state index in [1.807, 2.05) is 84.9 Å². The Labute approximate surface area is 187 Å². The van der Waals surface area contributed by atoms with E-state index in [2.05, 4.69) is 0 Å².